The van der Waals surface area contributed by atoms with Crippen molar-refractivity contribution in [2.75, 3.05) is 13.2 Å². The molecule has 1 saturated heterocycles. The molecule has 1 unspecified atom stereocenters. The lowest BCUT2D eigenvalue weighted by Gasteiger charge is -2.28. The van der Waals surface area contributed by atoms with Crippen LogP contribution < -0.4 is 9.61 Å². The van der Waals surface area contributed by atoms with Gasteiger partial charge in [0, 0.05) is 5.39 Å². The van der Waals surface area contributed by atoms with Gasteiger partial charge in [-0.1, -0.05) is 57.2 Å². The van der Waals surface area contributed by atoms with Crippen LogP contribution in [0.2, 0.25) is 0 Å². The summed E-state index contributed by atoms with van der Waals surface area (Å²) in [6.45, 7) is 5.98. The molecular formula is C23H30F2NO8P. The minimum Gasteiger partial charge on any atom is -0.464 e. The number of nitrogens with one attached hydrogen (secondary N) is 1. The molecule has 1 fully saturated rings. The molecular weight excluding hydrogens is 487 g/mol. The number of alkyl halides is 2. The Balaban J connectivity index is 1.90. The van der Waals surface area contributed by atoms with Gasteiger partial charge in [0.05, 0.1) is 13.2 Å². The first kappa shape index (κ1) is 27.4. The number of fused-ring (bicyclic) bond motifs is 1. The minimum absolute atomic E-state index is 0.0368. The summed E-state index contributed by atoms with van der Waals surface area (Å²) < 4.78 is 63.8. The van der Waals surface area contributed by atoms with E-state index in [0.29, 0.717) is 10.8 Å². The van der Waals surface area contributed by atoms with Crippen molar-refractivity contribution < 1.29 is 46.9 Å². The Morgan fingerprint density at radius 1 is 1.23 bits per heavy atom. The molecule has 194 valence electrons. The van der Waals surface area contributed by atoms with E-state index in [1.807, 2.05) is 20.8 Å². The third kappa shape index (κ3) is 6.55. The first-order chi connectivity index (χ1) is 16.3. The van der Waals surface area contributed by atoms with Gasteiger partial charge in [0.15, 0.2) is 6.10 Å². The molecule has 1 heterocycles. The van der Waals surface area contributed by atoms with E-state index in [9.17, 15) is 28.4 Å². The number of esters is 1. The Morgan fingerprint density at radius 2 is 1.89 bits per heavy atom. The molecule has 0 aromatic heterocycles. The summed E-state index contributed by atoms with van der Waals surface area (Å²) in [6.07, 6.45) is -6.60. The highest BCUT2D eigenvalue weighted by atomic mass is 31.2. The number of carbonyl (C=O) groups is 1. The number of halogens is 2. The molecule has 35 heavy (non-hydrogen) atoms. The van der Waals surface area contributed by atoms with Gasteiger partial charge in [0.2, 0.25) is 6.29 Å². The molecule has 0 aliphatic carbocycles. The van der Waals surface area contributed by atoms with Gasteiger partial charge >= 0.3 is 19.6 Å². The van der Waals surface area contributed by atoms with Crippen molar-refractivity contribution in [3.05, 3.63) is 42.5 Å². The van der Waals surface area contributed by atoms with E-state index >= 15 is 0 Å². The van der Waals surface area contributed by atoms with Crippen LogP contribution in [0.25, 0.3) is 10.8 Å². The zero-order chi connectivity index (χ0) is 26.0. The Hall–Kier alpha value is -2.14. The lowest BCUT2D eigenvalue weighted by Crippen LogP contribution is -2.43. The topological polar surface area (TPSA) is 124 Å². The van der Waals surface area contributed by atoms with Crippen LogP contribution in [0.4, 0.5) is 8.78 Å². The number of hydrogen-bond donors (Lipinski definition) is 3. The van der Waals surface area contributed by atoms with Gasteiger partial charge in [0.25, 0.3) is 0 Å². The van der Waals surface area contributed by atoms with Gasteiger partial charge in [-0.25, -0.2) is 4.57 Å². The quantitative estimate of drug-likeness (QED) is 0.338. The molecule has 9 nitrogen and oxygen atoms in total. The number of carbonyl (C=O) groups excluding carboxylic acids is 1. The minimum atomic E-state index is -4.76. The fourth-order valence-electron chi connectivity index (χ4n) is 3.26. The average molecular weight is 517 g/mol. The van der Waals surface area contributed by atoms with Crippen molar-refractivity contribution in [2.24, 2.45) is 5.41 Å². The highest BCUT2D eigenvalue weighted by molar-refractivity contribution is 7.52. The van der Waals surface area contributed by atoms with Gasteiger partial charge in [-0.3, -0.25) is 9.32 Å². The molecule has 0 amide bonds. The first-order valence-corrected chi connectivity index (χ1v) is 12.5. The summed E-state index contributed by atoms with van der Waals surface area (Å²) in [4.78, 5) is 12.5. The molecule has 0 bridgehead atoms. The fraction of sp³-hybridized carbons (Fsp3) is 0.522. The molecule has 2 aromatic rings. The second kappa shape index (κ2) is 10.5. The van der Waals surface area contributed by atoms with E-state index in [2.05, 4.69) is 5.09 Å². The number of benzene rings is 2. The third-order valence-electron chi connectivity index (χ3n) is 5.09. The Morgan fingerprint density at radius 3 is 2.51 bits per heavy atom. The van der Waals surface area contributed by atoms with E-state index in [0.717, 1.165) is 0 Å². The first-order valence-electron chi connectivity index (χ1n) is 11.0. The average Bonchev–Trinajstić information content (AvgIpc) is 2.99. The van der Waals surface area contributed by atoms with Gasteiger partial charge < -0.3 is 24.2 Å². The zero-order valence-electron chi connectivity index (χ0n) is 19.8. The van der Waals surface area contributed by atoms with E-state index < -0.39 is 50.8 Å². The van der Waals surface area contributed by atoms with Gasteiger partial charge in [-0.2, -0.15) is 13.9 Å². The number of aliphatic hydroxyl groups excluding tert-OH is 2. The predicted molar refractivity (Wildman–Crippen MR) is 123 cm³/mol. The molecule has 5 atom stereocenters. The molecule has 1 aliphatic rings. The maximum atomic E-state index is 14.6. The van der Waals surface area contributed by atoms with Gasteiger partial charge in [-0.15, -0.1) is 0 Å². The molecule has 0 saturated carbocycles. The number of aliphatic hydroxyl groups is 2. The smallest absolute Gasteiger partial charge is 0.462 e. The van der Waals surface area contributed by atoms with Crippen LogP contribution in [0.5, 0.6) is 5.75 Å². The molecule has 0 spiro atoms. The van der Waals surface area contributed by atoms with Crippen LogP contribution in [-0.2, 0) is 23.4 Å². The van der Waals surface area contributed by atoms with Crippen molar-refractivity contribution >= 4 is 24.5 Å². The highest BCUT2D eigenvalue weighted by Crippen LogP contribution is 2.52. The summed E-state index contributed by atoms with van der Waals surface area (Å²) in [5, 5.41) is 22.6. The highest BCUT2D eigenvalue weighted by Gasteiger charge is 2.61. The molecule has 2 aromatic carbocycles. The van der Waals surface area contributed by atoms with E-state index in [4.69, 9.17) is 18.5 Å². The van der Waals surface area contributed by atoms with E-state index in [1.165, 1.54) is 13.0 Å². The van der Waals surface area contributed by atoms with Crippen LogP contribution in [0.3, 0.4) is 0 Å². The van der Waals surface area contributed by atoms with Crippen LogP contribution >= 0.6 is 7.75 Å². The summed E-state index contributed by atoms with van der Waals surface area (Å²) in [7, 11) is -4.76. The monoisotopic (exact) mass is 517 g/mol. The summed E-state index contributed by atoms with van der Waals surface area (Å²) in [5.41, 5.74) is -0.343. The van der Waals surface area contributed by atoms with Gasteiger partial charge in [-0.05, 0) is 23.8 Å². The van der Waals surface area contributed by atoms with Gasteiger partial charge in [0.1, 0.15) is 17.9 Å². The number of hydrogen-bond acceptors (Lipinski definition) is 8. The van der Waals surface area contributed by atoms with Crippen molar-refractivity contribution in [1.82, 2.24) is 5.09 Å². The largest absolute Gasteiger partial charge is 0.464 e. The van der Waals surface area contributed by atoms with E-state index in [-0.39, 0.29) is 17.8 Å². The predicted octanol–water partition coefficient (Wildman–Crippen LogP) is 3.62. The summed E-state index contributed by atoms with van der Waals surface area (Å²) in [5.74, 6) is -4.80. The SMILES string of the molecule is C[C@H](NP(=O)(Oc1cccc2ccccc12)O[C@H]1O[C@H](CO)[C@@H](O)C1(F)F)C(=O)OCC(C)(C)C. The number of ether oxygens (including phenoxy) is 2. The Kier molecular flexibility index (Phi) is 8.20. The Labute approximate surface area is 201 Å². The molecule has 1 aliphatic heterocycles. The maximum Gasteiger partial charge on any atom is 0.462 e. The van der Waals surface area contributed by atoms with Crippen LogP contribution in [0.15, 0.2) is 42.5 Å². The lowest BCUT2D eigenvalue weighted by atomic mass is 9.99. The van der Waals surface area contributed by atoms with Crippen LogP contribution in [0, 0.1) is 5.41 Å². The maximum absolute atomic E-state index is 14.6. The van der Waals surface area contributed by atoms with Crippen molar-refractivity contribution in [1.29, 1.82) is 0 Å². The van der Waals surface area contributed by atoms with Crippen LogP contribution in [0.1, 0.15) is 27.7 Å². The Bertz CT molecular complexity index is 1090. The fourth-order valence-corrected chi connectivity index (χ4v) is 4.86. The van der Waals surface area contributed by atoms with E-state index in [1.54, 1.807) is 36.4 Å². The second-order valence-corrected chi connectivity index (χ2v) is 11.1. The second-order valence-electron chi connectivity index (χ2n) is 9.50. The normalized spacial score (nSPS) is 24.6. The lowest BCUT2D eigenvalue weighted by molar-refractivity contribution is -0.188. The molecule has 0 radical (unpaired) electrons. The van der Waals surface area contributed by atoms with Crippen molar-refractivity contribution in [2.45, 2.75) is 58.2 Å². The summed E-state index contributed by atoms with van der Waals surface area (Å²) >= 11 is 0. The molecule has 3 N–H and O–H groups in total. The third-order valence-corrected chi connectivity index (χ3v) is 6.70. The van der Waals surface area contributed by atoms with Crippen molar-refractivity contribution in [3.63, 3.8) is 0 Å². The van der Waals surface area contributed by atoms with Crippen LogP contribution in [-0.4, -0.2) is 59.9 Å². The summed E-state index contributed by atoms with van der Waals surface area (Å²) in [6, 6.07) is 10.5. The molecule has 3 rings (SSSR count). The standard InChI is InChI=1S/C23H30F2NO8P/c1-14(20(29)31-13-22(2,3)4)26-35(30,34-21-23(24,25)19(28)18(12-27)32-21)33-17-11-7-9-15-8-5-6-10-16(15)17/h5-11,14,18-19,21,27-28H,12-13H2,1-4H3,(H,26,30)/t14-,18+,19+,21+,35?/m0/s1. The molecule has 12 heteroatoms. The number of rotatable bonds is 9. The zero-order valence-corrected chi connectivity index (χ0v) is 20.7. The van der Waals surface area contributed by atoms with Crippen molar-refractivity contribution in [3.8, 4) is 5.75 Å².